The fourth-order valence-corrected chi connectivity index (χ4v) is 1.34. The van der Waals surface area contributed by atoms with Crippen LogP contribution in [0.1, 0.15) is 5.56 Å². The van der Waals surface area contributed by atoms with Crippen molar-refractivity contribution in [1.29, 1.82) is 0 Å². The average Bonchev–Trinajstić information content (AvgIpc) is 2.39. The molecule has 1 aromatic carbocycles. The minimum absolute atomic E-state index is 0.187. The Morgan fingerprint density at radius 3 is 2.53 bits per heavy atom. The molecule has 1 aromatic heterocycles. The van der Waals surface area contributed by atoms with Crippen LogP contribution in [0.25, 0.3) is 6.08 Å². The minimum Gasteiger partial charge on any atom is -0.307 e. The molecule has 0 bridgehead atoms. The van der Waals surface area contributed by atoms with E-state index in [0.29, 0.717) is 5.82 Å². The lowest BCUT2D eigenvalue weighted by Gasteiger charge is -1.99. The Kier molecular flexibility index (Phi) is 3.65. The van der Waals surface area contributed by atoms with Crippen molar-refractivity contribution in [2.45, 2.75) is 0 Å². The second-order valence-corrected chi connectivity index (χ2v) is 3.45. The van der Waals surface area contributed by atoms with Crippen LogP contribution in [-0.4, -0.2) is 10.9 Å². The zero-order valence-corrected chi connectivity index (χ0v) is 9.21. The summed E-state index contributed by atoms with van der Waals surface area (Å²) < 4.78 is 0. The van der Waals surface area contributed by atoms with Crippen LogP contribution in [0.15, 0.2) is 60.8 Å². The first-order chi connectivity index (χ1) is 8.34. The third-order valence-electron chi connectivity index (χ3n) is 2.14. The molecule has 0 aliphatic carbocycles. The number of hydrogen-bond donors (Lipinski definition) is 1. The summed E-state index contributed by atoms with van der Waals surface area (Å²) in [4.78, 5) is 15.6. The standard InChI is InChI=1S/C14H12N2O/c17-14(16-13-8-4-5-11-15-13)10-9-12-6-2-1-3-7-12/h1-11H,(H,15,16,17)/b10-9+. The maximum absolute atomic E-state index is 11.5. The van der Waals surface area contributed by atoms with Gasteiger partial charge in [-0.1, -0.05) is 36.4 Å². The third kappa shape index (κ3) is 3.57. The molecule has 0 unspecified atom stereocenters. The number of hydrogen-bond acceptors (Lipinski definition) is 2. The van der Waals surface area contributed by atoms with Gasteiger partial charge in [-0.15, -0.1) is 0 Å². The quantitative estimate of drug-likeness (QED) is 0.814. The van der Waals surface area contributed by atoms with Crippen molar-refractivity contribution in [1.82, 2.24) is 4.98 Å². The van der Waals surface area contributed by atoms with E-state index in [4.69, 9.17) is 0 Å². The van der Waals surface area contributed by atoms with E-state index in [1.54, 1.807) is 24.4 Å². The highest BCUT2D eigenvalue weighted by atomic mass is 16.1. The number of rotatable bonds is 3. The normalized spacial score (nSPS) is 10.4. The Balaban J connectivity index is 1.96. The summed E-state index contributed by atoms with van der Waals surface area (Å²) in [6, 6.07) is 15.0. The summed E-state index contributed by atoms with van der Waals surface area (Å²) in [7, 11) is 0. The summed E-state index contributed by atoms with van der Waals surface area (Å²) in [5.41, 5.74) is 0.990. The van der Waals surface area contributed by atoms with Crippen LogP contribution in [0.3, 0.4) is 0 Å². The van der Waals surface area contributed by atoms with E-state index in [0.717, 1.165) is 5.56 Å². The third-order valence-corrected chi connectivity index (χ3v) is 2.14. The van der Waals surface area contributed by atoms with Crippen molar-refractivity contribution in [3.8, 4) is 0 Å². The monoisotopic (exact) mass is 224 g/mol. The van der Waals surface area contributed by atoms with E-state index in [1.165, 1.54) is 6.08 Å². The van der Waals surface area contributed by atoms with Gasteiger partial charge in [-0.2, -0.15) is 0 Å². The number of nitrogens with zero attached hydrogens (tertiary/aromatic N) is 1. The molecule has 84 valence electrons. The number of anilines is 1. The molecule has 1 amide bonds. The van der Waals surface area contributed by atoms with Crippen molar-refractivity contribution < 1.29 is 4.79 Å². The molecular formula is C14H12N2O. The van der Waals surface area contributed by atoms with Crippen LogP contribution in [0.5, 0.6) is 0 Å². The summed E-state index contributed by atoms with van der Waals surface area (Å²) in [6.45, 7) is 0. The van der Waals surface area contributed by atoms with Crippen molar-refractivity contribution in [2.24, 2.45) is 0 Å². The zero-order valence-electron chi connectivity index (χ0n) is 9.21. The molecule has 1 heterocycles. The molecule has 1 N–H and O–H groups in total. The maximum Gasteiger partial charge on any atom is 0.249 e. The Bertz CT molecular complexity index is 506. The number of nitrogens with one attached hydrogen (secondary N) is 1. The SMILES string of the molecule is O=C(/C=C/c1ccccc1)Nc1ccccn1. The first kappa shape index (κ1) is 11.1. The van der Waals surface area contributed by atoms with Gasteiger partial charge in [0.1, 0.15) is 5.82 Å². The van der Waals surface area contributed by atoms with Crippen LogP contribution in [-0.2, 0) is 4.79 Å². The highest BCUT2D eigenvalue weighted by Crippen LogP contribution is 2.03. The predicted octanol–water partition coefficient (Wildman–Crippen LogP) is 2.73. The number of carbonyl (C=O) groups is 1. The van der Waals surface area contributed by atoms with Gasteiger partial charge in [-0.25, -0.2) is 4.98 Å². The molecule has 0 atom stereocenters. The summed E-state index contributed by atoms with van der Waals surface area (Å²) in [5, 5.41) is 2.68. The lowest BCUT2D eigenvalue weighted by Crippen LogP contribution is -2.08. The van der Waals surface area contributed by atoms with Crippen LogP contribution in [0, 0.1) is 0 Å². The van der Waals surface area contributed by atoms with Gasteiger partial charge in [0.25, 0.3) is 0 Å². The fraction of sp³-hybridized carbons (Fsp3) is 0. The van der Waals surface area contributed by atoms with E-state index >= 15 is 0 Å². The van der Waals surface area contributed by atoms with Gasteiger partial charge in [0.15, 0.2) is 0 Å². The summed E-state index contributed by atoms with van der Waals surface area (Å²) in [6.07, 6.45) is 4.89. The Morgan fingerprint density at radius 1 is 1.06 bits per heavy atom. The second-order valence-electron chi connectivity index (χ2n) is 3.45. The zero-order chi connectivity index (χ0) is 11.9. The van der Waals surface area contributed by atoms with Gasteiger partial charge < -0.3 is 5.32 Å². The molecule has 2 aromatic rings. The first-order valence-electron chi connectivity index (χ1n) is 5.30. The highest BCUT2D eigenvalue weighted by molar-refractivity contribution is 6.01. The Labute approximate surface area is 99.8 Å². The molecular weight excluding hydrogens is 212 g/mol. The number of pyridine rings is 1. The number of benzene rings is 1. The molecule has 0 aliphatic rings. The molecule has 0 spiro atoms. The van der Waals surface area contributed by atoms with Gasteiger partial charge in [-0.05, 0) is 23.8 Å². The molecule has 2 rings (SSSR count). The number of carbonyl (C=O) groups excluding carboxylic acids is 1. The lowest BCUT2D eigenvalue weighted by molar-refractivity contribution is -0.111. The largest absolute Gasteiger partial charge is 0.307 e. The lowest BCUT2D eigenvalue weighted by atomic mass is 10.2. The van der Waals surface area contributed by atoms with Crippen LogP contribution >= 0.6 is 0 Å². The van der Waals surface area contributed by atoms with E-state index in [-0.39, 0.29) is 5.91 Å². The maximum atomic E-state index is 11.5. The van der Waals surface area contributed by atoms with E-state index in [1.807, 2.05) is 36.4 Å². The molecule has 3 nitrogen and oxygen atoms in total. The van der Waals surface area contributed by atoms with Crippen molar-refractivity contribution in [3.05, 3.63) is 66.4 Å². The summed E-state index contributed by atoms with van der Waals surface area (Å²) in [5.74, 6) is 0.364. The number of amides is 1. The molecule has 0 radical (unpaired) electrons. The van der Waals surface area contributed by atoms with Gasteiger partial charge in [0.2, 0.25) is 5.91 Å². The van der Waals surface area contributed by atoms with E-state index in [2.05, 4.69) is 10.3 Å². The van der Waals surface area contributed by atoms with E-state index in [9.17, 15) is 4.79 Å². The van der Waals surface area contributed by atoms with Gasteiger partial charge >= 0.3 is 0 Å². The molecule has 0 fully saturated rings. The predicted molar refractivity (Wildman–Crippen MR) is 68.3 cm³/mol. The van der Waals surface area contributed by atoms with Crippen LogP contribution < -0.4 is 5.32 Å². The van der Waals surface area contributed by atoms with Crippen molar-refractivity contribution in [2.75, 3.05) is 5.32 Å². The number of aromatic nitrogens is 1. The molecule has 0 aliphatic heterocycles. The van der Waals surface area contributed by atoms with E-state index < -0.39 is 0 Å². The van der Waals surface area contributed by atoms with Crippen LogP contribution in [0.4, 0.5) is 5.82 Å². The van der Waals surface area contributed by atoms with Gasteiger partial charge in [-0.3, -0.25) is 4.79 Å². The Morgan fingerprint density at radius 2 is 1.82 bits per heavy atom. The van der Waals surface area contributed by atoms with Gasteiger partial charge in [0.05, 0.1) is 0 Å². The molecule has 0 saturated carbocycles. The minimum atomic E-state index is -0.187. The summed E-state index contributed by atoms with van der Waals surface area (Å²) >= 11 is 0. The second kappa shape index (κ2) is 5.61. The molecule has 3 heteroatoms. The average molecular weight is 224 g/mol. The highest BCUT2D eigenvalue weighted by Gasteiger charge is 1.96. The topological polar surface area (TPSA) is 42.0 Å². The Hall–Kier alpha value is -2.42. The fourth-order valence-electron chi connectivity index (χ4n) is 1.34. The molecule has 0 saturated heterocycles. The smallest absolute Gasteiger partial charge is 0.249 e. The van der Waals surface area contributed by atoms with Gasteiger partial charge in [0, 0.05) is 12.3 Å². The van der Waals surface area contributed by atoms with Crippen LogP contribution in [0.2, 0.25) is 0 Å². The molecule has 17 heavy (non-hydrogen) atoms. The van der Waals surface area contributed by atoms with Crippen molar-refractivity contribution >= 4 is 17.8 Å². The van der Waals surface area contributed by atoms with Crippen molar-refractivity contribution in [3.63, 3.8) is 0 Å². The first-order valence-corrected chi connectivity index (χ1v) is 5.30.